The molecular formula is C20H27N5O2. The van der Waals surface area contributed by atoms with Crippen molar-refractivity contribution in [1.29, 1.82) is 0 Å². The third-order valence-corrected chi connectivity index (χ3v) is 4.81. The van der Waals surface area contributed by atoms with E-state index in [1.54, 1.807) is 6.07 Å². The largest absolute Gasteiger partial charge is 0.378 e. The minimum absolute atomic E-state index is 0.231. The van der Waals surface area contributed by atoms with Crippen LogP contribution in [0.25, 0.3) is 0 Å². The van der Waals surface area contributed by atoms with Gasteiger partial charge in [0.25, 0.3) is 5.91 Å². The van der Waals surface area contributed by atoms with Crippen LogP contribution in [0.2, 0.25) is 0 Å². The van der Waals surface area contributed by atoms with Gasteiger partial charge in [-0.25, -0.2) is 9.97 Å². The van der Waals surface area contributed by atoms with Crippen LogP contribution in [-0.2, 0) is 4.74 Å². The number of carbonyl (C=O) groups excluding carboxylic acids is 1. The molecular weight excluding hydrogens is 342 g/mol. The van der Waals surface area contributed by atoms with Crippen LogP contribution in [0, 0.1) is 6.92 Å². The number of aromatic nitrogens is 2. The molecule has 0 saturated carbocycles. The minimum atomic E-state index is -0.231. The third-order valence-electron chi connectivity index (χ3n) is 4.81. The SMILES string of the molecule is CCN(CC)c1ccc(NC(=O)c2cc(N3CCOCC3)ncn2)c(C)c1. The van der Waals surface area contributed by atoms with Crippen LogP contribution in [0.1, 0.15) is 29.9 Å². The molecule has 7 nitrogen and oxygen atoms in total. The molecule has 1 N–H and O–H groups in total. The van der Waals surface area contributed by atoms with E-state index in [-0.39, 0.29) is 5.91 Å². The average molecular weight is 369 g/mol. The zero-order valence-corrected chi connectivity index (χ0v) is 16.2. The summed E-state index contributed by atoms with van der Waals surface area (Å²) < 4.78 is 5.37. The first-order valence-electron chi connectivity index (χ1n) is 9.44. The third kappa shape index (κ3) is 4.54. The summed E-state index contributed by atoms with van der Waals surface area (Å²) in [5.74, 6) is 0.526. The van der Waals surface area contributed by atoms with Gasteiger partial charge in [-0.2, -0.15) is 0 Å². The quantitative estimate of drug-likeness (QED) is 0.844. The Kier molecular flexibility index (Phi) is 6.24. The summed E-state index contributed by atoms with van der Waals surface area (Å²) in [7, 11) is 0. The number of ether oxygens (including phenoxy) is 1. The fourth-order valence-corrected chi connectivity index (χ4v) is 3.20. The maximum Gasteiger partial charge on any atom is 0.274 e. The van der Waals surface area contributed by atoms with E-state index in [1.165, 1.54) is 6.33 Å². The highest BCUT2D eigenvalue weighted by Gasteiger charge is 2.16. The number of nitrogens with one attached hydrogen (secondary N) is 1. The summed E-state index contributed by atoms with van der Waals surface area (Å²) >= 11 is 0. The lowest BCUT2D eigenvalue weighted by Gasteiger charge is -2.27. The Morgan fingerprint density at radius 2 is 1.93 bits per heavy atom. The number of anilines is 3. The summed E-state index contributed by atoms with van der Waals surface area (Å²) in [6.45, 7) is 11.0. The number of hydrogen-bond acceptors (Lipinski definition) is 6. The van der Waals surface area contributed by atoms with E-state index in [9.17, 15) is 4.79 Å². The van der Waals surface area contributed by atoms with Crippen LogP contribution >= 0.6 is 0 Å². The Bertz CT molecular complexity index is 786. The van der Waals surface area contributed by atoms with Crippen molar-refractivity contribution in [1.82, 2.24) is 9.97 Å². The molecule has 2 heterocycles. The van der Waals surface area contributed by atoms with Crippen LogP contribution < -0.4 is 15.1 Å². The molecule has 0 spiro atoms. The molecule has 1 amide bonds. The fourth-order valence-electron chi connectivity index (χ4n) is 3.20. The lowest BCUT2D eigenvalue weighted by Crippen LogP contribution is -2.37. The van der Waals surface area contributed by atoms with Crippen molar-refractivity contribution in [2.45, 2.75) is 20.8 Å². The zero-order chi connectivity index (χ0) is 19.2. The number of hydrogen-bond donors (Lipinski definition) is 1. The number of morpholine rings is 1. The van der Waals surface area contributed by atoms with Crippen molar-refractivity contribution in [3.05, 3.63) is 41.9 Å². The van der Waals surface area contributed by atoms with Gasteiger partial charge in [0.05, 0.1) is 13.2 Å². The minimum Gasteiger partial charge on any atom is -0.378 e. The second-order valence-corrected chi connectivity index (χ2v) is 6.49. The molecule has 27 heavy (non-hydrogen) atoms. The number of aryl methyl sites for hydroxylation is 1. The Morgan fingerprint density at radius 3 is 2.59 bits per heavy atom. The van der Waals surface area contributed by atoms with Gasteiger partial charge in [-0.05, 0) is 44.5 Å². The first-order chi connectivity index (χ1) is 13.1. The lowest BCUT2D eigenvalue weighted by atomic mass is 10.1. The average Bonchev–Trinajstić information content (AvgIpc) is 2.71. The summed E-state index contributed by atoms with van der Waals surface area (Å²) in [6, 6.07) is 7.82. The zero-order valence-electron chi connectivity index (χ0n) is 16.2. The maximum absolute atomic E-state index is 12.7. The Morgan fingerprint density at radius 1 is 1.19 bits per heavy atom. The smallest absolute Gasteiger partial charge is 0.274 e. The van der Waals surface area contributed by atoms with Crippen molar-refractivity contribution < 1.29 is 9.53 Å². The highest BCUT2D eigenvalue weighted by molar-refractivity contribution is 6.03. The molecule has 1 saturated heterocycles. The van der Waals surface area contributed by atoms with Crippen LogP contribution in [0.15, 0.2) is 30.6 Å². The molecule has 0 radical (unpaired) electrons. The molecule has 1 aromatic carbocycles. The molecule has 0 bridgehead atoms. The molecule has 2 aromatic rings. The highest BCUT2D eigenvalue weighted by Crippen LogP contribution is 2.23. The van der Waals surface area contributed by atoms with E-state index in [0.29, 0.717) is 18.9 Å². The number of amides is 1. The van der Waals surface area contributed by atoms with Crippen molar-refractivity contribution in [2.24, 2.45) is 0 Å². The summed E-state index contributed by atoms with van der Waals surface area (Å²) in [5.41, 5.74) is 3.34. The van der Waals surface area contributed by atoms with Gasteiger partial charge in [0.15, 0.2) is 0 Å². The number of rotatable bonds is 6. The second kappa shape index (κ2) is 8.81. The molecule has 144 valence electrons. The maximum atomic E-state index is 12.7. The van der Waals surface area contributed by atoms with Gasteiger partial charge in [0, 0.05) is 43.6 Å². The number of benzene rings is 1. The monoisotopic (exact) mass is 369 g/mol. The van der Waals surface area contributed by atoms with Gasteiger partial charge >= 0.3 is 0 Å². The molecule has 7 heteroatoms. The van der Waals surface area contributed by atoms with E-state index < -0.39 is 0 Å². The molecule has 1 fully saturated rings. The van der Waals surface area contributed by atoms with Gasteiger partial charge in [-0.3, -0.25) is 4.79 Å². The van der Waals surface area contributed by atoms with Crippen molar-refractivity contribution in [3.63, 3.8) is 0 Å². The Labute approximate surface area is 160 Å². The van der Waals surface area contributed by atoms with Crippen molar-refractivity contribution in [2.75, 3.05) is 54.5 Å². The van der Waals surface area contributed by atoms with Gasteiger partial charge in [0.2, 0.25) is 0 Å². The first-order valence-corrected chi connectivity index (χ1v) is 9.44. The van der Waals surface area contributed by atoms with E-state index in [0.717, 1.165) is 48.9 Å². The fraction of sp³-hybridized carbons (Fsp3) is 0.450. The standard InChI is InChI=1S/C20H27N5O2/c1-4-24(5-2)16-6-7-17(15(3)12-16)23-20(26)18-13-19(22-14-21-18)25-8-10-27-11-9-25/h6-7,12-14H,4-5,8-11H2,1-3H3,(H,23,26). The van der Waals surface area contributed by atoms with E-state index in [1.807, 2.05) is 19.1 Å². The summed E-state index contributed by atoms with van der Waals surface area (Å²) in [6.07, 6.45) is 1.44. The van der Waals surface area contributed by atoms with Crippen molar-refractivity contribution >= 4 is 23.1 Å². The van der Waals surface area contributed by atoms with Gasteiger partial charge in [-0.1, -0.05) is 0 Å². The topological polar surface area (TPSA) is 70.6 Å². The van der Waals surface area contributed by atoms with E-state index >= 15 is 0 Å². The molecule has 1 aromatic heterocycles. The van der Waals surface area contributed by atoms with E-state index in [4.69, 9.17) is 4.74 Å². The number of carbonyl (C=O) groups is 1. The molecule has 0 atom stereocenters. The van der Waals surface area contributed by atoms with Gasteiger partial charge in [-0.15, -0.1) is 0 Å². The normalized spacial score (nSPS) is 14.1. The molecule has 1 aliphatic rings. The van der Waals surface area contributed by atoms with Crippen LogP contribution in [0.3, 0.4) is 0 Å². The van der Waals surface area contributed by atoms with Crippen molar-refractivity contribution in [3.8, 4) is 0 Å². The predicted molar refractivity (Wildman–Crippen MR) is 108 cm³/mol. The Balaban J connectivity index is 1.73. The molecule has 1 aliphatic heterocycles. The Hall–Kier alpha value is -2.67. The first kappa shape index (κ1) is 19.1. The molecule has 3 rings (SSSR count). The highest BCUT2D eigenvalue weighted by atomic mass is 16.5. The molecule has 0 unspecified atom stereocenters. The van der Waals surface area contributed by atoms with E-state index in [2.05, 4.69) is 45.0 Å². The second-order valence-electron chi connectivity index (χ2n) is 6.49. The lowest BCUT2D eigenvalue weighted by molar-refractivity contribution is 0.102. The van der Waals surface area contributed by atoms with Crippen LogP contribution in [0.5, 0.6) is 0 Å². The van der Waals surface area contributed by atoms with Gasteiger partial charge in [0.1, 0.15) is 17.8 Å². The number of nitrogens with zero attached hydrogens (tertiary/aromatic N) is 4. The van der Waals surface area contributed by atoms with Gasteiger partial charge < -0.3 is 19.9 Å². The predicted octanol–water partition coefficient (Wildman–Crippen LogP) is 2.72. The summed E-state index contributed by atoms with van der Waals surface area (Å²) in [5, 5.41) is 2.97. The van der Waals surface area contributed by atoms with Crippen LogP contribution in [-0.4, -0.2) is 55.3 Å². The summed E-state index contributed by atoms with van der Waals surface area (Å²) in [4.78, 5) is 25.5. The molecule has 0 aliphatic carbocycles. The van der Waals surface area contributed by atoms with Crippen LogP contribution in [0.4, 0.5) is 17.2 Å².